The number of carboxylic acids is 1. The Hall–Kier alpha value is -3.34. The Balaban J connectivity index is 3.10. The first-order valence-electron chi connectivity index (χ1n) is 11.9. The SMILES string of the molecule is CC(N)C(=O)NC(C(=O)Nc1cc(CC(CC(C)C(=O)O)NC(=O)OC(C)(C)C)ccc1O)C(C)C. The molecule has 7 N–H and O–H groups in total. The third kappa shape index (κ3) is 10.5. The molecule has 11 heteroatoms. The van der Waals surface area contributed by atoms with Gasteiger partial charge in [0.1, 0.15) is 17.4 Å². The highest BCUT2D eigenvalue weighted by Crippen LogP contribution is 2.26. The standard InChI is InChI=1S/C25H40N4O7/c1-13(2)20(29-21(31)15(4)26)22(32)28-18-12-16(8-9-19(18)30)11-17(10-14(3)23(33)34)27-24(35)36-25(5,6)7/h8-9,12-15,17,20,30H,10-11,26H2,1-7H3,(H,27,35)(H,28,32)(H,29,31)(H,33,34). The minimum atomic E-state index is -1.00. The van der Waals surface area contributed by atoms with Crippen LogP contribution in [0.25, 0.3) is 0 Å². The molecule has 0 saturated carbocycles. The van der Waals surface area contributed by atoms with Gasteiger partial charge >= 0.3 is 12.1 Å². The van der Waals surface area contributed by atoms with Gasteiger partial charge in [0, 0.05) is 6.04 Å². The van der Waals surface area contributed by atoms with Crippen molar-refractivity contribution in [3.63, 3.8) is 0 Å². The number of hydrogen-bond acceptors (Lipinski definition) is 7. The zero-order valence-corrected chi connectivity index (χ0v) is 22.0. The van der Waals surface area contributed by atoms with E-state index in [4.69, 9.17) is 10.5 Å². The van der Waals surface area contributed by atoms with E-state index in [1.165, 1.54) is 26.0 Å². The van der Waals surface area contributed by atoms with Crippen LogP contribution in [0.4, 0.5) is 10.5 Å². The van der Waals surface area contributed by atoms with Crippen molar-refractivity contribution < 1.29 is 34.1 Å². The minimum Gasteiger partial charge on any atom is -0.506 e. The van der Waals surface area contributed by atoms with Crippen molar-refractivity contribution in [3.05, 3.63) is 23.8 Å². The van der Waals surface area contributed by atoms with Crippen molar-refractivity contribution in [3.8, 4) is 5.75 Å². The van der Waals surface area contributed by atoms with Gasteiger partial charge in [-0.2, -0.15) is 0 Å². The number of rotatable bonds is 11. The van der Waals surface area contributed by atoms with E-state index in [-0.39, 0.29) is 30.2 Å². The Labute approximate surface area is 212 Å². The zero-order chi connectivity index (χ0) is 27.8. The van der Waals surface area contributed by atoms with E-state index in [9.17, 15) is 29.4 Å². The van der Waals surface area contributed by atoms with E-state index in [1.54, 1.807) is 40.7 Å². The summed E-state index contributed by atoms with van der Waals surface area (Å²) in [4.78, 5) is 48.6. The number of phenols is 1. The first-order valence-corrected chi connectivity index (χ1v) is 11.9. The highest BCUT2D eigenvalue weighted by Gasteiger charge is 2.27. The van der Waals surface area contributed by atoms with E-state index < -0.39 is 53.5 Å². The lowest BCUT2D eigenvalue weighted by molar-refractivity contribution is -0.141. The van der Waals surface area contributed by atoms with Gasteiger partial charge in [-0.1, -0.05) is 26.8 Å². The number of benzene rings is 1. The molecule has 0 radical (unpaired) electrons. The van der Waals surface area contributed by atoms with Crippen LogP contribution in [0.3, 0.4) is 0 Å². The van der Waals surface area contributed by atoms with Crippen molar-refractivity contribution in [1.82, 2.24) is 10.6 Å². The molecule has 11 nitrogen and oxygen atoms in total. The molecular formula is C25H40N4O7. The Morgan fingerprint density at radius 1 is 1.03 bits per heavy atom. The molecule has 0 fully saturated rings. The molecule has 1 aromatic rings. The number of nitrogens with one attached hydrogen (secondary N) is 3. The fourth-order valence-electron chi connectivity index (χ4n) is 3.32. The van der Waals surface area contributed by atoms with Crippen molar-refractivity contribution >= 4 is 29.6 Å². The maximum atomic E-state index is 12.9. The number of carboxylic acid groups (broad SMARTS) is 1. The van der Waals surface area contributed by atoms with Crippen LogP contribution in [0.5, 0.6) is 5.75 Å². The van der Waals surface area contributed by atoms with Crippen LogP contribution in [-0.2, 0) is 25.5 Å². The van der Waals surface area contributed by atoms with Gasteiger partial charge in [-0.15, -0.1) is 0 Å². The maximum absolute atomic E-state index is 12.9. The van der Waals surface area contributed by atoms with Crippen LogP contribution < -0.4 is 21.7 Å². The van der Waals surface area contributed by atoms with Gasteiger partial charge in [0.25, 0.3) is 0 Å². The van der Waals surface area contributed by atoms with Crippen LogP contribution in [0.2, 0.25) is 0 Å². The zero-order valence-electron chi connectivity index (χ0n) is 22.0. The molecule has 36 heavy (non-hydrogen) atoms. The lowest BCUT2D eigenvalue weighted by atomic mass is 9.96. The van der Waals surface area contributed by atoms with Gasteiger partial charge in [-0.3, -0.25) is 14.4 Å². The molecule has 0 aliphatic carbocycles. The number of phenolic OH excluding ortho intramolecular Hbond substituents is 1. The number of aromatic hydroxyl groups is 1. The van der Waals surface area contributed by atoms with Crippen LogP contribution in [-0.4, -0.2) is 57.8 Å². The molecule has 0 aromatic heterocycles. The highest BCUT2D eigenvalue weighted by molar-refractivity contribution is 5.98. The molecule has 0 aliphatic rings. The van der Waals surface area contributed by atoms with Gasteiger partial charge < -0.3 is 36.6 Å². The smallest absolute Gasteiger partial charge is 0.407 e. The van der Waals surface area contributed by atoms with Crippen LogP contribution in [0.15, 0.2) is 18.2 Å². The summed E-state index contributed by atoms with van der Waals surface area (Å²) < 4.78 is 5.30. The summed E-state index contributed by atoms with van der Waals surface area (Å²) in [7, 11) is 0. The average Bonchev–Trinajstić information content (AvgIpc) is 2.71. The van der Waals surface area contributed by atoms with Crippen molar-refractivity contribution in [2.24, 2.45) is 17.6 Å². The van der Waals surface area contributed by atoms with Gasteiger partial charge in [-0.25, -0.2) is 4.79 Å². The monoisotopic (exact) mass is 508 g/mol. The molecule has 1 aromatic carbocycles. The third-order valence-corrected chi connectivity index (χ3v) is 5.24. The quantitative estimate of drug-likeness (QED) is 0.246. The Bertz CT molecular complexity index is 941. The van der Waals surface area contributed by atoms with Crippen LogP contribution in [0.1, 0.15) is 60.5 Å². The number of carbonyl (C=O) groups excluding carboxylic acids is 3. The van der Waals surface area contributed by atoms with Crippen molar-refractivity contribution in [2.75, 3.05) is 5.32 Å². The second-order valence-electron chi connectivity index (χ2n) is 10.4. The fraction of sp³-hybridized carbons (Fsp3) is 0.600. The fourth-order valence-corrected chi connectivity index (χ4v) is 3.32. The molecule has 0 bridgehead atoms. The van der Waals surface area contributed by atoms with Gasteiger partial charge in [0.05, 0.1) is 17.6 Å². The first kappa shape index (κ1) is 30.7. The van der Waals surface area contributed by atoms with Crippen LogP contribution >= 0.6 is 0 Å². The first-order chi connectivity index (χ1) is 16.5. The minimum absolute atomic E-state index is 0.112. The molecule has 3 amide bonds. The van der Waals surface area contributed by atoms with E-state index in [0.717, 1.165) is 0 Å². The second-order valence-corrected chi connectivity index (χ2v) is 10.4. The number of anilines is 1. The molecular weight excluding hydrogens is 468 g/mol. The van der Waals surface area contributed by atoms with Gasteiger partial charge in [0.2, 0.25) is 11.8 Å². The number of nitrogens with two attached hydrogens (primary N) is 1. The third-order valence-electron chi connectivity index (χ3n) is 5.24. The van der Waals surface area contributed by atoms with E-state index in [0.29, 0.717) is 5.56 Å². The van der Waals surface area contributed by atoms with Crippen molar-refractivity contribution in [1.29, 1.82) is 0 Å². The summed E-state index contributed by atoms with van der Waals surface area (Å²) in [5, 5.41) is 27.6. The Morgan fingerprint density at radius 2 is 1.64 bits per heavy atom. The number of ether oxygens (including phenoxy) is 1. The summed E-state index contributed by atoms with van der Waals surface area (Å²) in [5.41, 5.74) is 5.60. The summed E-state index contributed by atoms with van der Waals surface area (Å²) in [6, 6.07) is 2.27. The molecule has 0 heterocycles. The largest absolute Gasteiger partial charge is 0.506 e. The Morgan fingerprint density at radius 3 is 2.14 bits per heavy atom. The second kappa shape index (κ2) is 13.1. The summed E-state index contributed by atoms with van der Waals surface area (Å²) in [6.45, 7) is 11.7. The molecule has 0 saturated heterocycles. The average molecular weight is 509 g/mol. The molecule has 4 unspecified atom stereocenters. The number of carbonyl (C=O) groups is 4. The van der Waals surface area contributed by atoms with Gasteiger partial charge in [0.15, 0.2) is 0 Å². The predicted octanol–water partition coefficient (Wildman–Crippen LogP) is 2.37. The number of alkyl carbamates (subject to hydrolysis) is 1. The maximum Gasteiger partial charge on any atom is 0.407 e. The Kier molecular flexibility index (Phi) is 11.2. The van der Waals surface area contributed by atoms with Crippen molar-refractivity contribution in [2.45, 2.75) is 85.0 Å². The molecule has 4 atom stereocenters. The molecule has 202 valence electrons. The number of amides is 3. The summed E-state index contributed by atoms with van der Waals surface area (Å²) in [6.07, 6.45) is -0.327. The van der Waals surface area contributed by atoms with Gasteiger partial charge in [-0.05, 0) is 64.2 Å². The molecule has 0 aliphatic heterocycles. The number of aliphatic carboxylic acids is 1. The van der Waals surface area contributed by atoms with Crippen LogP contribution in [0, 0.1) is 11.8 Å². The number of hydrogen-bond donors (Lipinski definition) is 6. The lowest BCUT2D eigenvalue weighted by Gasteiger charge is -2.25. The van der Waals surface area contributed by atoms with E-state index in [2.05, 4.69) is 16.0 Å². The normalized spacial score (nSPS) is 14.8. The topological polar surface area (TPSA) is 180 Å². The van der Waals surface area contributed by atoms with E-state index >= 15 is 0 Å². The predicted molar refractivity (Wildman–Crippen MR) is 135 cm³/mol. The summed E-state index contributed by atoms with van der Waals surface area (Å²) >= 11 is 0. The highest BCUT2D eigenvalue weighted by atomic mass is 16.6. The lowest BCUT2D eigenvalue weighted by Crippen LogP contribution is -2.51. The summed E-state index contributed by atoms with van der Waals surface area (Å²) in [5.74, 6) is -3.19. The molecule has 1 rings (SSSR count). The molecule has 0 spiro atoms. The van der Waals surface area contributed by atoms with E-state index in [1.807, 2.05) is 0 Å².